The fourth-order valence-electron chi connectivity index (χ4n) is 0. The van der Waals surface area contributed by atoms with Gasteiger partial charge >= 0.3 is 23.1 Å². The zero-order valence-electron chi connectivity index (χ0n) is 3.95. The Morgan fingerprint density at radius 1 is 1.50 bits per heavy atom. The van der Waals surface area contributed by atoms with Crippen LogP contribution in [0.2, 0.25) is 0 Å². The maximum Gasteiger partial charge on any atom is 2.00 e. The second-order valence-corrected chi connectivity index (χ2v) is 0.569. The number of allylic oxidation sites excluding steroid dienone is 2. The quantitative estimate of drug-likeness (QED) is 0.253. The molecule has 0 rings (SSSR count). The summed E-state index contributed by atoms with van der Waals surface area (Å²) in [4.78, 5) is 0. The summed E-state index contributed by atoms with van der Waals surface area (Å²) in [5.74, 6) is 0. The minimum Gasteiger partial charge on any atom is -1.00 e. The van der Waals surface area contributed by atoms with Gasteiger partial charge < -0.3 is 12.4 Å². The van der Waals surface area contributed by atoms with Crippen molar-refractivity contribution in [3.8, 4) is 0 Å². The molecule has 0 aromatic rings. The van der Waals surface area contributed by atoms with Crippen LogP contribution in [0.25, 0.3) is 0 Å². The van der Waals surface area contributed by atoms with Gasteiger partial charge in [0.15, 0.2) is 0 Å². The molecule has 0 aliphatic rings. The molecule has 6 heavy (non-hydrogen) atoms. The van der Waals surface area contributed by atoms with Crippen molar-refractivity contribution in [1.29, 1.82) is 0 Å². The molecule has 0 radical (unpaired) electrons. The van der Waals surface area contributed by atoms with E-state index in [4.69, 9.17) is 0 Å². The third-order valence-corrected chi connectivity index (χ3v) is 0.236. The van der Waals surface area contributed by atoms with E-state index in [1.54, 1.807) is 6.08 Å². The number of hydrogen-bond acceptors (Lipinski definition) is 0. The first kappa shape index (κ1) is 15.9. The molecule has 0 fully saturated rings. The van der Waals surface area contributed by atoms with Crippen molar-refractivity contribution in [2.45, 2.75) is 6.92 Å². The Morgan fingerprint density at radius 3 is 1.67 bits per heavy atom. The minimum atomic E-state index is 0. The Morgan fingerprint density at radius 2 is 1.67 bits per heavy atom. The molecule has 0 aromatic carbocycles. The van der Waals surface area contributed by atoms with Crippen LogP contribution in [0.5, 0.6) is 0 Å². The fraction of sp³-hybridized carbons (Fsp3) is 0.250. The van der Waals surface area contributed by atoms with Crippen LogP contribution in [0.15, 0.2) is 12.2 Å². The van der Waals surface area contributed by atoms with Gasteiger partial charge in [0.2, 0.25) is 0 Å². The van der Waals surface area contributed by atoms with E-state index in [1.807, 2.05) is 13.0 Å². The number of hydrogen-bond donors (Lipinski definition) is 0. The zero-order valence-corrected chi connectivity index (χ0v) is 6.12. The molecule has 0 N–H and O–H groups in total. The summed E-state index contributed by atoms with van der Waals surface area (Å²) in [5.41, 5.74) is 0. The summed E-state index contributed by atoms with van der Waals surface area (Å²) in [7, 11) is 0. The van der Waals surface area contributed by atoms with Gasteiger partial charge in [-0.3, -0.25) is 0 Å². The molecule has 2 heteroatoms. The van der Waals surface area contributed by atoms with E-state index in [9.17, 15) is 0 Å². The first-order chi connectivity index (χ1) is 1.91. The van der Waals surface area contributed by atoms with Crippen molar-refractivity contribution in [1.82, 2.24) is 0 Å². The molecule has 0 aromatic heterocycles. The van der Waals surface area contributed by atoms with Gasteiger partial charge in [-0.2, -0.15) is 0 Å². The first-order valence-corrected chi connectivity index (χ1v) is 1.32. The van der Waals surface area contributed by atoms with E-state index in [2.05, 4.69) is 6.92 Å². The molecule has 0 aliphatic carbocycles. The second-order valence-electron chi connectivity index (χ2n) is 0.569. The van der Waals surface area contributed by atoms with Gasteiger partial charge in [0, 0.05) is 0 Å². The summed E-state index contributed by atoms with van der Waals surface area (Å²) in [5, 5.41) is 0. The molecule has 32 valence electrons. The van der Waals surface area contributed by atoms with Gasteiger partial charge in [-0.15, -0.1) is 6.92 Å². The maximum atomic E-state index is 3.42. The normalized spacial score (nSPS) is 6.17. The van der Waals surface area contributed by atoms with Crippen molar-refractivity contribution < 1.29 is 12.4 Å². The van der Waals surface area contributed by atoms with E-state index in [0.717, 1.165) is 0 Å². The van der Waals surface area contributed by atoms with Crippen LogP contribution in [-0.4, -0.2) is 23.1 Å². The fourth-order valence-corrected chi connectivity index (χ4v) is 0. The Hall–Kier alpha value is 0.666. The van der Waals surface area contributed by atoms with Crippen LogP contribution in [0.3, 0.4) is 0 Å². The number of rotatable bonds is 0. The standard InChI is InChI=1S/C4H7.ClH.Mg/c1-3-4-2;;/h3-4H,1H2,2H3;1H;/q-1;;+2/p-1/b4-3+;;. The molecule has 0 unspecified atom stereocenters. The summed E-state index contributed by atoms with van der Waals surface area (Å²) in [6.45, 7) is 5.36. The Bertz CT molecular complexity index is 22.7. The van der Waals surface area contributed by atoms with E-state index in [1.165, 1.54) is 0 Å². The third-order valence-electron chi connectivity index (χ3n) is 0.236. The van der Waals surface area contributed by atoms with Crippen LogP contribution in [0.1, 0.15) is 6.92 Å². The molecule has 0 atom stereocenters. The topological polar surface area (TPSA) is 0 Å². The van der Waals surface area contributed by atoms with Gasteiger partial charge in [0.1, 0.15) is 0 Å². The monoisotopic (exact) mass is 114 g/mol. The molecule has 0 saturated heterocycles. The Balaban J connectivity index is -0.0000000450. The molecular weight excluding hydrogens is 108 g/mol. The Kier molecular flexibility index (Phi) is 46.1. The minimum absolute atomic E-state index is 0. The molecule has 0 bridgehead atoms. The van der Waals surface area contributed by atoms with Crippen LogP contribution in [-0.2, 0) is 0 Å². The smallest absolute Gasteiger partial charge is 1.00 e. The summed E-state index contributed by atoms with van der Waals surface area (Å²) in [6.07, 6.45) is 3.64. The molecule has 0 aliphatic heterocycles. The SMILES string of the molecule is [CH2-]/C=C/C.[Cl-].[Mg+2]. The molecule has 0 heterocycles. The maximum absolute atomic E-state index is 3.42. The summed E-state index contributed by atoms with van der Waals surface area (Å²) < 4.78 is 0. The van der Waals surface area contributed by atoms with E-state index in [-0.39, 0.29) is 35.5 Å². The van der Waals surface area contributed by atoms with Crippen LogP contribution in [0.4, 0.5) is 0 Å². The van der Waals surface area contributed by atoms with Crippen molar-refractivity contribution in [3.05, 3.63) is 19.1 Å². The third kappa shape index (κ3) is 22.6. The molecular formula is C4H7ClMg. The van der Waals surface area contributed by atoms with Crippen molar-refractivity contribution >= 4 is 23.1 Å². The van der Waals surface area contributed by atoms with Gasteiger partial charge in [-0.05, 0) is 0 Å². The van der Waals surface area contributed by atoms with Crippen molar-refractivity contribution in [3.63, 3.8) is 0 Å². The van der Waals surface area contributed by atoms with Crippen LogP contribution in [0, 0.1) is 6.92 Å². The Labute approximate surface area is 61.6 Å². The van der Waals surface area contributed by atoms with Crippen molar-refractivity contribution in [2.75, 3.05) is 0 Å². The second kappa shape index (κ2) is 17.4. The van der Waals surface area contributed by atoms with Gasteiger partial charge in [-0.25, -0.2) is 19.1 Å². The average Bonchev–Trinajstić information content (AvgIpc) is 1.37. The van der Waals surface area contributed by atoms with Gasteiger partial charge in [0.05, 0.1) is 0 Å². The van der Waals surface area contributed by atoms with Gasteiger partial charge in [-0.1, -0.05) is 0 Å². The van der Waals surface area contributed by atoms with Crippen LogP contribution >= 0.6 is 0 Å². The van der Waals surface area contributed by atoms with E-state index < -0.39 is 0 Å². The first-order valence-electron chi connectivity index (χ1n) is 1.32. The molecule has 0 amide bonds. The predicted molar refractivity (Wildman–Crippen MR) is 25.9 cm³/mol. The van der Waals surface area contributed by atoms with E-state index >= 15 is 0 Å². The zero-order chi connectivity index (χ0) is 3.41. The largest absolute Gasteiger partial charge is 2.00 e. The van der Waals surface area contributed by atoms with Crippen molar-refractivity contribution in [2.24, 2.45) is 0 Å². The molecule has 0 spiro atoms. The van der Waals surface area contributed by atoms with Crippen LogP contribution < -0.4 is 12.4 Å². The summed E-state index contributed by atoms with van der Waals surface area (Å²) >= 11 is 0. The average molecular weight is 115 g/mol. The number of halogens is 1. The molecule has 0 saturated carbocycles. The van der Waals surface area contributed by atoms with Gasteiger partial charge in [0.25, 0.3) is 0 Å². The van der Waals surface area contributed by atoms with E-state index in [0.29, 0.717) is 0 Å². The summed E-state index contributed by atoms with van der Waals surface area (Å²) in [6, 6.07) is 0. The predicted octanol–water partition coefficient (Wildman–Crippen LogP) is -1.98. The molecule has 0 nitrogen and oxygen atoms in total.